The summed E-state index contributed by atoms with van der Waals surface area (Å²) in [4.78, 5) is 11.2. The molecule has 0 aromatic heterocycles. The molecule has 1 aromatic carbocycles. The van der Waals surface area contributed by atoms with Crippen LogP contribution in [0.15, 0.2) is 12.1 Å². The maximum Gasteiger partial charge on any atom is 0.320 e. The molecule has 4 heteroatoms. The summed E-state index contributed by atoms with van der Waals surface area (Å²) < 4.78 is 10.4. The van der Waals surface area contributed by atoms with Crippen LogP contribution < -0.4 is 10.1 Å². The van der Waals surface area contributed by atoms with Gasteiger partial charge in [0.25, 0.3) is 0 Å². The van der Waals surface area contributed by atoms with Crippen molar-refractivity contribution in [3.8, 4) is 5.75 Å². The van der Waals surface area contributed by atoms with Crippen LogP contribution in [0.3, 0.4) is 0 Å². The van der Waals surface area contributed by atoms with Gasteiger partial charge in [-0.05, 0) is 44.2 Å². The van der Waals surface area contributed by atoms with Gasteiger partial charge in [0.05, 0.1) is 13.7 Å². The van der Waals surface area contributed by atoms with E-state index in [1.165, 1.54) is 0 Å². The van der Waals surface area contributed by atoms with Crippen LogP contribution in [0.2, 0.25) is 0 Å². The van der Waals surface area contributed by atoms with E-state index in [1.54, 1.807) is 14.2 Å². The predicted molar refractivity (Wildman–Crippen MR) is 66.2 cm³/mol. The average molecular weight is 237 g/mol. The van der Waals surface area contributed by atoms with Crippen LogP contribution in [0.5, 0.6) is 5.75 Å². The van der Waals surface area contributed by atoms with E-state index >= 15 is 0 Å². The van der Waals surface area contributed by atoms with Crippen molar-refractivity contribution in [3.63, 3.8) is 0 Å². The number of nitrogens with one attached hydrogen (secondary N) is 1. The maximum atomic E-state index is 11.2. The second kappa shape index (κ2) is 6.25. The minimum absolute atomic E-state index is 0.215. The number of aryl methyl sites for hydroxylation is 2. The summed E-state index contributed by atoms with van der Waals surface area (Å²) in [5, 5.41) is 2.75. The number of likely N-dealkylation sites (N-methyl/N-ethyl adjacent to an activating group) is 1. The van der Waals surface area contributed by atoms with E-state index in [2.05, 4.69) is 5.32 Å². The zero-order valence-corrected chi connectivity index (χ0v) is 10.8. The summed E-state index contributed by atoms with van der Waals surface area (Å²) in [6, 6.07) is 3.94. The number of methoxy groups -OCH3 is 1. The Hall–Kier alpha value is -1.55. The van der Waals surface area contributed by atoms with Gasteiger partial charge in [-0.25, -0.2) is 0 Å². The maximum absolute atomic E-state index is 11.2. The van der Waals surface area contributed by atoms with Crippen molar-refractivity contribution >= 4 is 5.97 Å². The van der Waals surface area contributed by atoms with Gasteiger partial charge in [-0.15, -0.1) is 0 Å². The SMILES string of the molecule is CNCC(=O)OCc1cc(C)c(C)cc1OC. The van der Waals surface area contributed by atoms with Crippen LogP contribution in [-0.4, -0.2) is 26.7 Å². The predicted octanol–water partition coefficient (Wildman–Crippen LogP) is 1.57. The number of esters is 1. The van der Waals surface area contributed by atoms with E-state index in [-0.39, 0.29) is 19.1 Å². The Labute approximate surface area is 102 Å². The molecular formula is C13H19NO3. The molecule has 1 N–H and O–H groups in total. The molecule has 1 rings (SSSR count). The van der Waals surface area contributed by atoms with Gasteiger partial charge in [0.2, 0.25) is 0 Å². The molecule has 0 spiro atoms. The van der Waals surface area contributed by atoms with Gasteiger partial charge >= 0.3 is 5.97 Å². The zero-order chi connectivity index (χ0) is 12.8. The first-order valence-corrected chi connectivity index (χ1v) is 5.52. The molecular weight excluding hydrogens is 218 g/mol. The van der Waals surface area contributed by atoms with Crippen molar-refractivity contribution in [2.45, 2.75) is 20.5 Å². The van der Waals surface area contributed by atoms with Crippen molar-refractivity contribution in [3.05, 3.63) is 28.8 Å². The lowest BCUT2D eigenvalue weighted by molar-refractivity contribution is -0.143. The summed E-state index contributed by atoms with van der Waals surface area (Å²) in [6.07, 6.45) is 0. The third-order valence-corrected chi connectivity index (χ3v) is 2.61. The molecule has 0 heterocycles. The fourth-order valence-electron chi connectivity index (χ4n) is 1.51. The van der Waals surface area contributed by atoms with Gasteiger partial charge < -0.3 is 14.8 Å². The number of ether oxygens (including phenoxy) is 2. The van der Waals surface area contributed by atoms with Crippen LogP contribution >= 0.6 is 0 Å². The van der Waals surface area contributed by atoms with E-state index in [0.717, 1.165) is 22.4 Å². The van der Waals surface area contributed by atoms with Gasteiger partial charge in [-0.1, -0.05) is 0 Å². The zero-order valence-electron chi connectivity index (χ0n) is 10.8. The van der Waals surface area contributed by atoms with E-state index in [0.29, 0.717) is 0 Å². The number of benzene rings is 1. The monoisotopic (exact) mass is 237 g/mol. The van der Waals surface area contributed by atoms with Crippen molar-refractivity contribution < 1.29 is 14.3 Å². The molecule has 0 fully saturated rings. The highest BCUT2D eigenvalue weighted by atomic mass is 16.5. The Bertz CT molecular complexity index is 402. The largest absolute Gasteiger partial charge is 0.496 e. The Morgan fingerprint density at radius 1 is 1.29 bits per heavy atom. The Morgan fingerprint density at radius 3 is 2.53 bits per heavy atom. The fourth-order valence-corrected chi connectivity index (χ4v) is 1.51. The highest BCUT2D eigenvalue weighted by Crippen LogP contribution is 2.23. The van der Waals surface area contributed by atoms with Crippen LogP contribution in [0.4, 0.5) is 0 Å². The third kappa shape index (κ3) is 3.75. The molecule has 0 amide bonds. The van der Waals surface area contributed by atoms with E-state index < -0.39 is 0 Å². The molecule has 0 atom stereocenters. The van der Waals surface area contributed by atoms with Crippen LogP contribution in [0, 0.1) is 13.8 Å². The fraction of sp³-hybridized carbons (Fsp3) is 0.462. The highest BCUT2D eigenvalue weighted by molar-refractivity contribution is 5.71. The summed E-state index contributed by atoms with van der Waals surface area (Å²) in [7, 11) is 3.32. The Balaban J connectivity index is 2.76. The topological polar surface area (TPSA) is 47.6 Å². The Morgan fingerprint density at radius 2 is 1.94 bits per heavy atom. The van der Waals surface area contributed by atoms with Gasteiger partial charge in [0.1, 0.15) is 12.4 Å². The average Bonchev–Trinajstić information content (AvgIpc) is 2.30. The summed E-state index contributed by atoms with van der Waals surface area (Å²) in [5.74, 6) is 0.484. The minimum Gasteiger partial charge on any atom is -0.496 e. The van der Waals surface area contributed by atoms with Crippen molar-refractivity contribution in [1.82, 2.24) is 5.32 Å². The lowest BCUT2D eigenvalue weighted by Crippen LogP contribution is -2.20. The van der Waals surface area contributed by atoms with E-state index in [1.807, 2.05) is 26.0 Å². The van der Waals surface area contributed by atoms with Gasteiger partial charge in [-0.2, -0.15) is 0 Å². The summed E-state index contributed by atoms with van der Waals surface area (Å²) in [6.45, 7) is 4.50. The van der Waals surface area contributed by atoms with Crippen LogP contribution in [0.1, 0.15) is 16.7 Å². The number of hydrogen-bond donors (Lipinski definition) is 1. The van der Waals surface area contributed by atoms with Gasteiger partial charge in [0.15, 0.2) is 0 Å². The molecule has 0 radical (unpaired) electrons. The molecule has 0 saturated heterocycles. The smallest absolute Gasteiger partial charge is 0.320 e. The van der Waals surface area contributed by atoms with Crippen LogP contribution in [0.25, 0.3) is 0 Å². The molecule has 0 aliphatic heterocycles. The molecule has 0 aliphatic rings. The summed E-state index contributed by atoms with van der Waals surface area (Å²) >= 11 is 0. The third-order valence-electron chi connectivity index (χ3n) is 2.61. The first-order valence-electron chi connectivity index (χ1n) is 5.52. The van der Waals surface area contributed by atoms with Gasteiger partial charge in [0, 0.05) is 5.56 Å². The van der Waals surface area contributed by atoms with E-state index in [9.17, 15) is 4.79 Å². The number of carbonyl (C=O) groups is 1. The van der Waals surface area contributed by atoms with Crippen molar-refractivity contribution in [2.24, 2.45) is 0 Å². The van der Waals surface area contributed by atoms with Crippen molar-refractivity contribution in [1.29, 1.82) is 0 Å². The number of rotatable bonds is 5. The van der Waals surface area contributed by atoms with E-state index in [4.69, 9.17) is 9.47 Å². The van der Waals surface area contributed by atoms with Crippen LogP contribution in [-0.2, 0) is 16.1 Å². The first kappa shape index (κ1) is 13.5. The minimum atomic E-state index is -0.271. The van der Waals surface area contributed by atoms with Gasteiger partial charge in [-0.3, -0.25) is 4.79 Å². The highest BCUT2D eigenvalue weighted by Gasteiger charge is 2.08. The lowest BCUT2D eigenvalue weighted by atomic mass is 10.1. The molecule has 1 aromatic rings. The second-order valence-corrected chi connectivity index (χ2v) is 3.94. The van der Waals surface area contributed by atoms with Crippen molar-refractivity contribution in [2.75, 3.05) is 20.7 Å². The first-order chi connectivity index (χ1) is 8.08. The molecule has 0 aliphatic carbocycles. The normalized spacial score (nSPS) is 10.1. The second-order valence-electron chi connectivity index (χ2n) is 3.94. The lowest BCUT2D eigenvalue weighted by Gasteiger charge is -2.12. The molecule has 0 saturated carbocycles. The summed E-state index contributed by atoms with van der Waals surface area (Å²) in [5.41, 5.74) is 3.21. The number of carbonyl (C=O) groups excluding carboxylic acids is 1. The molecule has 94 valence electrons. The molecule has 4 nitrogen and oxygen atoms in total. The Kier molecular flexibility index (Phi) is 4.97. The number of hydrogen-bond acceptors (Lipinski definition) is 4. The standard InChI is InChI=1S/C13H19NO3/c1-9-5-11(8-17-13(15)7-14-3)12(16-4)6-10(9)2/h5-6,14H,7-8H2,1-4H3. The molecule has 0 bridgehead atoms. The molecule has 17 heavy (non-hydrogen) atoms. The molecule has 0 unspecified atom stereocenters. The quantitative estimate of drug-likeness (QED) is 0.790.